The van der Waals surface area contributed by atoms with Gasteiger partial charge >= 0.3 is 5.69 Å². The molecule has 28 heavy (non-hydrogen) atoms. The normalized spacial score (nSPS) is 15.0. The zero-order valence-corrected chi connectivity index (χ0v) is 17.7. The first-order chi connectivity index (χ1) is 13.6. The number of hydrogen-bond donors (Lipinski definition) is 0. The van der Waals surface area contributed by atoms with E-state index in [0.717, 1.165) is 33.5 Å². The van der Waals surface area contributed by atoms with Crippen LogP contribution in [0.25, 0.3) is 5.69 Å². The van der Waals surface area contributed by atoms with E-state index in [9.17, 15) is 9.59 Å². The van der Waals surface area contributed by atoms with E-state index in [1.54, 1.807) is 11.6 Å². The van der Waals surface area contributed by atoms with Crippen molar-refractivity contribution in [2.24, 2.45) is 7.05 Å². The van der Waals surface area contributed by atoms with Gasteiger partial charge in [-0.3, -0.25) is 4.79 Å². The Labute approximate surface area is 176 Å². The summed E-state index contributed by atoms with van der Waals surface area (Å²) in [5, 5.41) is 4.51. The summed E-state index contributed by atoms with van der Waals surface area (Å²) in [4.78, 5) is 27.4. The van der Waals surface area contributed by atoms with E-state index in [-0.39, 0.29) is 17.5 Å². The summed E-state index contributed by atoms with van der Waals surface area (Å²) in [5.41, 5.74) is 1.44. The minimum atomic E-state index is -0.140. The average Bonchev–Trinajstić information content (AvgIpc) is 3.03. The summed E-state index contributed by atoms with van der Waals surface area (Å²) in [6.45, 7) is 1.32. The molecule has 3 aromatic rings. The molecule has 0 spiro atoms. The highest BCUT2D eigenvalue weighted by molar-refractivity contribution is 14.1. The Hall–Kier alpha value is -2.42. The van der Waals surface area contributed by atoms with Gasteiger partial charge in [-0.1, -0.05) is 30.3 Å². The van der Waals surface area contributed by atoms with Crippen LogP contribution in [0.2, 0.25) is 0 Å². The molecule has 0 bridgehead atoms. The SMILES string of the molecule is Cn1nc(C2CCN(C(=O)c3ccccc3I)CC2)n(-c2ccccc2)c1=O. The van der Waals surface area contributed by atoms with Crippen molar-refractivity contribution >= 4 is 28.5 Å². The summed E-state index contributed by atoms with van der Waals surface area (Å²) in [7, 11) is 1.68. The highest BCUT2D eigenvalue weighted by atomic mass is 127. The first kappa shape index (κ1) is 18.9. The van der Waals surface area contributed by atoms with E-state index >= 15 is 0 Å². The molecule has 2 heterocycles. The van der Waals surface area contributed by atoms with Gasteiger partial charge in [0.2, 0.25) is 0 Å². The number of hydrogen-bond acceptors (Lipinski definition) is 3. The maximum Gasteiger partial charge on any atom is 0.350 e. The molecule has 0 radical (unpaired) electrons. The number of aromatic nitrogens is 3. The van der Waals surface area contributed by atoms with E-state index in [1.807, 2.05) is 59.5 Å². The Morgan fingerprint density at radius 1 is 1.04 bits per heavy atom. The smallest absolute Gasteiger partial charge is 0.339 e. The third-order valence-electron chi connectivity index (χ3n) is 5.22. The molecule has 1 aliphatic heterocycles. The average molecular weight is 488 g/mol. The minimum Gasteiger partial charge on any atom is -0.339 e. The van der Waals surface area contributed by atoms with E-state index in [4.69, 9.17) is 0 Å². The number of piperidine rings is 1. The monoisotopic (exact) mass is 488 g/mol. The van der Waals surface area contributed by atoms with Crippen LogP contribution in [0, 0.1) is 3.57 Å². The Kier molecular flexibility index (Phi) is 5.34. The molecule has 0 atom stereocenters. The zero-order valence-electron chi connectivity index (χ0n) is 15.6. The van der Waals surface area contributed by atoms with Crippen LogP contribution in [0.15, 0.2) is 59.4 Å². The maximum atomic E-state index is 12.9. The fourth-order valence-electron chi connectivity index (χ4n) is 3.71. The Balaban J connectivity index is 1.55. The fourth-order valence-corrected chi connectivity index (χ4v) is 4.33. The first-order valence-electron chi connectivity index (χ1n) is 9.31. The molecule has 144 valence electrons. The van der Waals surface area contributed by atoms with Crippen LogP contribution in [-0.4, -0.2) is 38.2 Å². The zero-order chi connectivity index (χ0) is 19.7. The predicted octanol–water partition coefficient (Wildman–Crippen LogP) is 3.20. The van der Waals surface area contributed by atoms with Gasteiger partial charge in [-0.15, -0.1) is 0 Å². The lowest BCUT2D eigenvalue weighted by atomic mass is 9.95. The summed E-state index contributed by atoms with van der Waals surface area (Å²) < 4.78 is 4.06. The van der Waals surface area contributed by atoms with E-state index in [2.05, 4.69) is 27.7 Å². The molecule has 7 heteroatoms. The van der Waals surface area contributed by atoms with Crippen LogP contribution < -0.4 is 5.69 Å². The van der Waals surface area contributed by atoms with Crippen LogP contribution in [0.3, 0.4) is 0 Å². The van der Waals surface area contributed by atoms with Crippen molar-refractivity contribution in [3.63, 3.8) is 0 Å². The Morgan fingerprint density at radius 3 is 2.36 bits per heavy atom. The Morgan fingerprint density at radius 2 is 1.68 bits per heavy atom. The highest BCUT2D eigenvalue weighted by Crippen LogP contribution is 2.28. The summed E-state index contributed by atoms with van der Waals surface area (Å²) in [5.74, 6) is 0.998. The molecule has 1 aliphatic rings. The molecule has 1 aromatic heterocycles. The van der Waals surface area contributed by atoms with Crippen molar-refractivity contribution < 1.29 is 4.79 Å². The van der Waals surface area contributed by atoms with Crippen molar-refractivity contribution in [1.82, 2.24) is 19.2 Å². The lowest BCUT2D eigenvalue weighted by Gasteiger charge is -2.32. The third kappa shape index (κ3) is 3.50. The van der Waals surface area contributed by atoms with Crippen LogP contribution in [0.4, 0.5) is 0 Å². The standard InChI is InChI=1S/C21H21IN4O2/c1-24-21(28)26(16-7-3-2-4-8-16)19(23-24)15-11-13-25(14-12-15)20(27)17-9-5-6-10-18(17)22/h2-10,15H,11-14H2,1H3. The number of nitrogens with zero attached hydrogens (tertiary/aromatic N) is 4. The van der Waals surface area contributed by atoms with Crippen molar-refractivity contribution in [2.45, 2.75) is 18.8 Å². The number of carbonyl (C=O) groups excluding carboxylic acids is 1. The van der Waals surface area contributed by atoms with Crippen LogP contribution >= 0.6 is 22.6 Å². The van der Waals surface area contributed by atoms with Gasteiger partial charge in [0, 0.05) is 29.6 Å². The fraction of sp³-hybridized carbons (Fsp3) is 0.286. The van der Waals surface area contributed by atoms with Crippen molar-refractivity contribution in [3.05, 3.63) is 80.0 Å². The molecule has 1 amide bonds. The van der Waals surface area contributed by atoms with Crippen molar-refractivity contribution in [3.8, 4) is 5.69 Å². The number of para-hydroxylation sites is 1. The number of benzene rings is 2. The molecule has 2 aromatic carbocycles. The lowest BCUT2D eigenvalue weighted by Crippen LogP contribution is -2.38. The summed E-state index contributed by atoms with van der Waals surface area (Å²) in [6.07, 6.45) is 1.58. The number of aryl methyl sites for hydroxylation is 1. The predicted molar refractivity (Wildman–Crippen MR) is 116 cm³/mol. The van der Waals surface area contributed by atoms with Gasteiger partial charge in [0.15, 0.2) is 0 Å². The topological polar surface area (TPSA) is 60.1 Å². The van der Waals surface area contributed by atoms with Gasteiger partial charge < -0.3 is 4.90 Å². The number of halogens is 1. The van der Waals surface area contributed by atoms with Gasteiger partial charge in [0.05, 0.1) is 11.3 Å². The van der Waals surface area contributed by atoms with E-state index in [0.29, 0.717) is 13.1 Å². The van der Waals surface area contributed by atoms with E-state index < -0.39 is 0 Å². The largest absolute Gasteiger partial charge is 0.350 e. The number of carbonyl (C=O) groups is 1. The molecule has 0 unspecified atom stereocenters. The van der Waals surface area contributed by atoms with Crippen molar-refractivity contribution in [2.75, 3.05) is 13.1 Å². The number of likely N-dealkylation sites (tertiary alicyclic amines) is 1. The van der Waals surface area contributed by atoms with E-state index in [1.165, 1.54) is 4.68 Å². The third-order valence-corrected chi connectivity index (χ3v) is 6.16. The molecule has 1 fully saturated rings. The van der Waals surface area contributed by atoms with Crippen LogP contribution in [-0.2, 0) is 7.05 Å². The molecular formula is C21H21IN4O2. The van der Waals surface area contributed by atoms with Gasteiger partial charge in [-0.25, -0.2) is 14.0 Å². The Bertz CT molecular complexity index is 1050. The minimum absolute atomic E-state index is 0.0740. The molecular weight excluding hydrogens is 467 g/mol. The second kappa shape index (κ2) is 7.90. The number of rotatable bonds is 3. The summed E-state index contributed by atoms with van der Waals surface area (Å²) in [6, 6.07) is 17.3. The van der Waals surface area contributed by atoms with Gasteiger partial charge in [-0.2, -0.15) is 5.10 Å². The second-order valence-electron chi connectivity index (χ2n) is 6.98. The van der Waals surface area contributed by atoms with Gasteiger partial charge in [-0.05, 0) is 59.7 Å². The lowest BCUT2D eigenvalue weighted by molar-refractivity contribution is 0.0709. The van der Waals surface area contributed by atoms with Crippen molar-refractivity contribution in [1.29, 1.82) is 0 Å². The van der Waals surface area contributed by atoms with Gasteiger partial charge in [0.1, 0.15) is 5.82 Å². The maximum absolute atomic E-state index is 12.9. The van der Waals surface area contributed by atoms with Crippen LogP contribution in [0.5, 0.6) is 0 Å². The van der Waals surface area contributed by atoms with Crippen LogP contribution in [0.1, 0.15) is 34.9 Å². The first-order valence-corrected chi connectivity index (χ1v) is 10.4. The molecule has 0 aliphatic carbocycles. The molecule has 0 N–H and O–H groups in total. The summed E-state index contributed by atoms with van der Waals surface area (Å²) >= 11 is 2.20. The number of amides is 1. The quantitative estimate of drug-likeness (QED) is 0.533. The molecule has 4 rings (SSSR count). The van der Waals surface area contributed by atoms with Gasteiger partial charge in [0.25, 0.3) is 5.91 Å². The molecule has 0 saturated carbocycles. The molecule has 6 nitrogen and oxygen atoms in total. The second-order valence-corrected chi connectivity index (χ2v) is 8.14. The highest BCUT2D eigenvalue weighted by Gasteiger charge is 2.29. The molecule has 1 saturated heterocycles.